The van der Waals surface area contributed by atoms with Crippen LogP contribution in [0.1, 0.15) is 19.8 Å². The fourth-order valence-electron chi connectivity index (χ4n) is 2.10. The molecular weight excluding hydrogens is 283 g/mol. The molecule has 1 saturated carbocycles. The number of rotatable bonds is 6. The van der Waals surface area contributed by atoms with Gasteiger partial charge in [-0.25, -0.2) is 4.39 Å². The van der Waals surface area contributed by atoms with Crippen LogP contribution < -0.4 is 15.8 Å². The van der Waals surface area contributed by atoms with E-state index in [1.165, 1.54) is 12.1 Å². The molecule has 1 aliphatic rings. The van der Waals surface area contributed by atoms with E-state index in [0.717, 1.165) is 12.8 Å². The molecule has 3 N–H and O–H groups in total. The number of carbonyl (C=O) groups is 1. The number of hydrogen-bond donors (Lipinski definition) is 2. The number of benzene rings is 1. The maximum atomic E-state index is 13.3. The molecule has 20 heavy (non-hydrogen) atoms. The van der Waals surface area contributed by atoms with Crippen molar-refractivity contribution in [3.05, 3.63) is 30.1 Å². The van der Waals surface area contributed by atoms with E-state index in [2.05, 4.69) is 5.32 Å². The molecule has 0 spiro atoms. The Balaban J connectivity index is 0.00000200. The van der Waals surface area contributed by atoms with Gasteiger partial charge >= 0.3 is 0 Å². The fraction of sp³-hybridized carbons (Fsp3) is 0.500. The zero-order chi connectivity index (χ0) is 13.9. The molecule has 4 nitrogen and oxygen atoms in total. The lowest BCUT2D eigenvalue weighted by molar-refractivity contribution is -0.125. The summed E-state index contributed by atoms with van der Waals surface area (Å²) in [4.78, 5) is 11.8. The van der Waals surface area contributed by atoms with Gasteiger partial charge in [0.1, 0.15) is 0 Å². The molecule has 1 unspecified atom stereocenters. The average Bonchev–Trinajstić information content (AvgIpc) is 3.22. The highest BCUT2D eigenvalue weighted by atomic mass is 35.5. The molecule has 112 valence electrons. The molecule has 1 aliphatic carbocycles. The van der Waals surface area contributed by atoms with Gasteiger partial charge in [0, 0.05) is 6.54 Å². The Bertz CT molecular complexity index is 468. The third-order valence-corrected chi connectivity index (χ3v) is 3.52. The van der Waals surface area contributed by atoms with Gasteiger partial charge in [-0.1, -0.05) is 12.1 Å². The van der Waals surface area contributed by atoms with Crippen molar-refractivity contribution < 1.29 is 13.9 Å². The predicted octanol–water partition coefficient (Wildman–Crippen LogP) is 1.87. The Kier molecular flexibility index (Phi) is 5.77. The van der Waals surface area contributed by atoms with E-state index in [1.807, 2.05) is 6.92 Å². The van der Waals surface area contributed by atoms with Gasteiger partial charge in [0.15, 0.2) is 18.2 Å². The van der Waals surface area contributed by atoms with Gasteiger partial charge in [0.2, 0.25) is 0 Å². The summed E-state index contributed by atoms with van der Waals surface area (Å²) < 4.78 is 18.5. The summed E-state index contributed by atoms with van der Waals surface area (Å²) in [5, 5.41) is 2.88. The van der Waals surface area contributed by atoms with Crippen molar-refractivity contribution in [3.8, 4) is 5.75 Å². The van der Waals surface area contributed by atoms with E-state index in [-0.39, 0.29) is 36.2 Å². The number of para-hydroxylation sites is 1. The summed E-state index contributed by atoms with van der Waals surface area (Å²) in [5.41, 5.74) is 5.33. The van der Waals surface area contributed by atoms with Crippen molar-refractivity contribution in [2.24, 2.45) is 11.7 Å². The second-order valence-corrected chi connectivity index (χ2v) is 5.16. The molecule has 0 aromatic heterocycles. The summed E-state index contributed by atoms with van der Waals surface area (Å²) >= 11 is 0. The number of nitrogens with two attached hydrogens (primary N) is 1. The lowest BCUT2D eigenvalue weighted by Crippen LogP contribution is -2.54. The van der Waals surface area contributed by atoms with Gasteiger partial charge in [0.25, 0.3) is 5.91 Å². The molecule has 1 aromatic carbocycles. The number of halogens is 2. The molecule has 1 fully saturated rings. The zero-order valence-corrected chi connectivity index (χ0v) is 12.2. The van der Waals surface area contributed by atoms with Gasteiger partial charge in [-0.3, -0.25) is 4.79 Å². The van der Waals surface area contributed by atoms with Crippen molar-refractivity contribution in [1.82, 2.24) is 5.32 Å². The third kappa shape index (κ3) is 4.08. The van der Waals surface area contributed by atoms with Crippen LogP contribution in [0.4, 0.5) is 4.39 Å². The molecule has 0 heterocycles. The van der Waals surface area contributed by atoms with Crippen LogP contribution in [0.25, 0.3) is 0 Å². The van der Waals surface area contributed by atoms with Crippen LogP contribution in [0, 0.1) is 11.7 Å². The van der Waals surface area contributed by atoms with Gasteiger partial charge in [-0.2, -0.15) is 0 Å². The highest BCUT2D eigenvalue weighted by molar-refractivity contribution is 5.85. The first-order valence-corrected chi connectivity index (χ1v) is 6.43. The van der Waals surface area contributed by atoms with Crippen molar-refractivity contribution >= 4 is 18.3 Å². The van der Waals surface area contributed by atoms with E-state index in [1.54, 1.807) is 12.1 Å². The first-order chi connectivity index (χ1) is 9.05. The van der Waals surface area contributed by atoms with Crippen molar-refractivity contribution in [2.75, 3.05) is 13.2 Å². The van der Waals surface area contributed by atoms with Crippen LogP contribution in [0.15, 0.2) is 24.3 Å². The lowest BCUT2D eigenvalue weighted by atomic mass is 9.96. The van der Waals surface area contributed by atoms with Crippen LogP contribution >= 0.6 is 12.4 Å². The van der Waals surface area contributed by atoms with E-state index in [9.17, 15) is 9.18 Å². The monoisotopic (exact) mass is 302 g/mol. The highest BCUT2D eigenvalue weighted by Gasteiger charge is 2.41. The minimum atomic E-state index is -0.473. The first kappa shape index (κ1) is 16.7. The van der Waals surface area contributed by atoms with E-state index in [4.69, 9.17) is 10.5 Å². The molecule has 2 rings (SSSR count). The SMILES string of the molecule is CC(CN)(NC(=O)COc1ccccc1F)C1CC1.Cl. The van der Waals surface area contributed by atoms with Crippen LogP contribution in [0.3, 0.4) is 0 Å². The molecule has 0 aliphatic heterocycles. The molecule has 1 atom stereocenters. The Morgan fingerprint density at radius 1 is 1.50 bits per heavy atom. The minimum Gasteiger partial charge on any atom is -0.481 e. The molecular formula is C14H20ClFN2O2. The molecule has 0 radical (unpaired) electrons. The third-order valence-electron chi connectivity index (χ3n) is 3.52. The number of hydrogen-bond acceptors (Lipinski definition) is 3. The molecule has 0 bridgehead atoms. The lowest BCUT2D eigenvalue weighted by Gasteiger charge is -2.29. The van der Waals surface area contributed by atoms with Crippen molar-refractivity contribution in [2.45, 2.75) is 25.3 Å². The first-order valence-electron chi connectivity index (χ1n) is 6.43. The van der Waals surface area contributed by atoms with Crippen LogP contribution in [0.2, 0.25) is 0 Å². The van der Waals surface area contributed by atoms with Crippen LogP contribution in [-0.4, -0.2) is 24.6 Å². The van der Waals surface area contributed by atoms with Gasteiger partial charge in [-0.15, -0.1) is 12.4 Å². The summed E-state index contributed by atoms with van der Waals surface area (Å²) in [5.74, 6) is -0.226. The average molecular weight is 303 g/mol. The number of nitrogens with one attached hydrogen (secondary N) is 1. The van der Waals surface area contributed by atoms with Gasteiger partial charge < -0.3 is 15.8 Å². The number of ether oxygens (including phenoxy) is 1. The number of carbonyl (C=O) groups excluding carboxylic acids is 1. The zero-order valence-electron chi connectivity index (χ0n) is 11.4. The molecule has 0 saturated heterocycles. The van der Waals surface area contributed by atoms with Gasteiger partial charge in [-0.05, 0) is 37.8 Å². The summed E-state index contributed by atoms with van der Waals surface area (Å²) in [6, 6.07) is 6.01. The van der Waals surface area contributed by atoms with Crippen molar-refractivity contribution in [3.63, 3.8) is 0 Å². The van der Waals surface area contributed by atoms with E-state index >= 15 is 0 Å². The largest absolute Gasteiger partial charge is 0.481 e. The second kappa shape index (κ2) is 6.90. The smallest absolute Gasteiger partial charge is 0.258 e. The normalized spacial score (nSPS) is 16.8. The Labute approximate surface area is 124 Å². The summed E-state index contributed by atoms with van der Waals surface area (Å²) in [6.45, 7) is 2.12. The summed E-state index contributed by atoms with van der Waals surface area (Å²) in [7, 11) is 0. The second-order valence-electron chi connectivity index (χ2n) is 5.16. The van der Waals surface area contributed by atoms with E-state index in [0.29, 0.717) is 12.5 Å². The van der Waals surface area contributed by atoms with Crippen molar-refractivity contribution in [1.29, 1.82) is 0 Å². The Hall–Kier alpha value is -1.33. The topological polar surface area (TPSA) is 64.3 Å². The Morgan fingerprint density at radius 3 is 2.70 bits per heavy atom. The number of amides is 1. The maximum absolute atomic E-state index is 13.3. The maximum Gasteiger partial charge on any atom is 0.258 e. The summed E-state index contributed by atoms with van der Waals surface area (Å²) in [6.07, 6.45) is 2.17. The van der Waals surface area contributed by atoms with Crippen LogP contribution in [0.5, 0.6) is 5.75 Å². The van der Waals surface area contributed by atoms with Gasteiger partial charge in [0.05, 0.1) is 5.54 Å². The molecule has 1 aromatic rings. The quantitative estimate of drug-likeness (QED) is 0.843. The minimum absolute atomic E-state index is 0. The van der Waals surface area contributed by atoms with E-state index < -0.39 is 5.82 Å². The highest BCUT2D eigenvalue weighted by Crippen LogP contribution is 2.38. The van der Waals surface area contributed by atoms with Crippen LogP contribution in [-0.2, 0) is 4.79 Å². The standard InChI is InChI=1S/C14H19FN2O2.ClH/c1-14(9-16,10-6-7-10)17-13(18)8-19-12-5-3-2-4-11(12)15;/h2-5,10H,6-9,16H2,1H3,(H,17,18);1H. The molecule has 1 amide bonds. The Morgan fingerprint density at radius 2 is 2.15 bits per heavy atom. The predicted molar refractivity (Wildman–Crippen MR) is 77.5 cm³/mol. The molecule has 6 heteroatoms. The fourth-order valence-corrected chi connectivity index (χ4v) is 2.10.